The summed E-state index contributed by atoms with van der Waals surface area (Å²) < 4.78 is 5.80. The largest absolute Gasteiger partial charge is 0.394 e. The number of benzene rings is 1. The molecule has 7 nitrogen and oxygen atoms in total. The molecule has 0 unspecified atom stereocenters. The third kappa shape index (κ3) is 5.29. The van der Waals surface area contributed by atoms with Crippen LogP contribution in [-0.4, -0.2) is 46.1 Å². The Hall–Kier alpha value is -2.77. The smallest absolute Gasteiger partial charge is 0.249 e. The van der Waals surface area contributed by atoms with Crippen molar-refractivity contribution in [3.63, 3.8) is 0 Å². The van der Waals surface area contributed by atoms with Gasteiger partial charge in [0.25, 0.3) is 0 Å². The topological polar surface area (TPSA) is 91.8 Å². The maximum absolute atomic E-state index is 12.5. The summed E-state index contributed by atoms with van der Waals surface area (Å²) in [5.74, 6) is 0.397. The van der Waals surface area contributed by atoms with Gasteiger partial charge in [0.1, 0.15) is 12.7 Å². The third-order valence-corrected chi connectivity index (χ3v) is 6.19. The van der Waals surface area contributed by atoms with Crippen LogP contribution in [0, 0.1) is 5.92 Å². The zero-order valence-electron chi connectivity index (χ0n) is 17.6. The molecule has 0 radical (unpaired) electrons. The summed E-state index contributed by atoms with van der Waals surface area (Å²) in [6.45, 7) is 0.116. The molecular weight excluding hydrogens is 394 g/mol. The molecule has 1 aliphatic heterocycles. The first-order valence-corrected chi connectivity index (χ1v) is 10.9. The van der Waals surface area contributed by atoms with E-state index in [4.69, 9.17) is 4.74 Å². The van der Waals surface area contributed by atoms with Crippen LogP contribution in [0.3, 0.4) is 0 Å². The Morgan fingerprint density at radius 2 is 1.97 bits per heavy atom. The van der Waals surface area contributed by atoms with E-state index >= 15 is 0 Å². The molecule has 7 heteroatoms. The lowest BCUT2D eigenvalue weighted by Gasteiger charge is -2.40. The number of aliphatic hydroxyl groups excluding tert-OH is 1. The molecule has 1 saturated carbocycles. The fraction of sp³-hybridized carbons (Fsp3) is 0.458. The summed E-state index contributed by atoms with van der Waals surface area (Å²) in [6.07, 6.45) is 8.26. The molecule has 164 valence electrons. The van der Waals surface area contributed by atoms with Crippen molar-refractivity contribution in [2.75, 3.05) is 18.5 Å². The fourth-order valence-corrected chi connectivity index (χ4v) is 4.55. The van der Waals surface area contributed by atoms with Gasteiger partial charge in [0.2, 0.25) is 11.8 Å². The third-order valence-electron chi connectivity index (χ3n) is 6.19. The van der Waals surface area contributed by atoms with E-state index in [0.717, 1.165) is 29.7 Å². The zero-order chi connectivity index (χ0) is 21.6. The lowest BCUT2D eigenvalue weighted by Crippen LogP contribution is -2.52. The highest BCUT2D eigenvalue weighted by Gasteiger charge is 2.37. The predicted octanol–water partition coefficient (Wildman–Crippen LogP) is 3.06. The van der Waals surface area contributed by atoms with Gasteiger partial charge in [-0.05, 0) is 48.1 Å². The number of anilines is 1. The van der Waals surface area contributed by atoms with E-state index in [1.807, 2.05) is 36.4 Å². The summed E-state index contributed by atoms with van der Waals surface area (Å²) in [6, 6.07) is 10.7. The van der Waals surface area contributed by atoms with E-state index in [1.165, 1.54) is 12.8 Å². The highest BCUT2D eigenvalue weighted by molar-refractivity contribution is 5.90. The molecule has 0 spiro atoms. The average Bonchev–Trinajstić information content (AvgIpc) is 3.29. The van der Waals surface area contributed by atoms with E-state index in [2.05, 4.69) is 10.3 Å². The monoisotopic (exact) mass is 423 g/mol. The second-order valence-corrected chi connectivity index (χ2v) is 8.39. The van der Waals surface area contributed by atoms with Crippen molar-refractivity contribution in [1.29, 1.82) is 0 Å². The van der Waals surface area contributed by atoms with Crippen molar-refractivity contribution in [1.82, 2.24) is 9.88 Å². The van der Waals surface area contributed by atoms with E-state index in [1.54, 1.807) is 17.3 Å². The van der Waals surface area contributed by atoms with Crippen molar-refractivity contribution in [2.24, 2.45) is 5.92 Å². The minimum atomic E-state index is -0.496. The second-order valence-electron chi connectivity index (χ2n) is 8.39. The van der Waals surface area contributed by atoms with E-state index in [0.29, 0.717) is 18.9 Å². The molecule has 31 heavy (non-hydrogen) atoms. The molecular formula is C24H29N3O4. The van der Waals surface area contributed by atoms with Crippen molar-refractivity contribution in [3.05, 3.63) is 59.9 Å². The average molecular weight is 424 g/mol. The van der Waals surface area contributed by atoms with Crippen molar-refractivity contribution >= 4 is 17.5 Å². The van der Waals surface area contributed by atoms with Gasteiger partial charge in [0.05, 0.1) is 12.6 Å². The number of nitrogens with zero attached hydrogens (tertiary/aromatic N) is 2. The highest BCUT2D eigenvalue weighted by Crippen LogP contribution is 2.31. The summed E-state index contributed by atoms with van der Waals surface area (Å²) >= 11 is 0. The summed E-state index contributed by atoms with van der Waals surface area (Å²) in [7, 11) is 0. The Bertz CT molecular complexity index is 881. The maximum atomic E-state index is 12.5. The number of rotatable bonds is 7. The van der Waals surface area contributed by atoms with Gasteiger partial charge in [0, 0.05) is 31.0 Å². The SMILES string of the molecule is O=C(CC1CCCC1)Nc1ccc([C@H]2OCC(=O)N(Cc3cccnc3)[C@@H]2CO)cc1. The van der Waals surface area contributed by atoms with Crippen LogP contribution >= 0.6 is 0 Å². The van der Waals surface area contributed by atoms with Crippen molar-refractivity contribution < 1.29 is 19.4 Å². The summed E-state index contributed by atoms with van der Waals surface area (Å²) in [5, 5.41) is 13.0. The minimum Gasteiger partial charge on any atom is -0.394 e. The molecule has 2 heterocycles. The number of pyridine rings is 1. The van der Waals surface area contributed by atoms with Crippen LogP contribution in [0.15, 0.2) is 48.8 Å². The standard InChI is InChI=1S/C24H29N3O4/c28-15-21-24(31-16-23(30)27(21)14-18-6-3-11-25-13-18)19-7-9-20(10-8-19)26-22(29)12-17-4-1-2-5-17/h3,6-11,13,17,21,24,28H,1-2,4-5,12,14-16H2,(H,26,29)/t21-,24-/m1/s1. The quantitative estimate of drug-likeness (QED) is 0.714. The van der Waals surface area contributed by atoms with Gasteiger partial charge in [-0.3, -0.25) is 14.6 Å². The Morgan fingerprint density at radius 3 is 2.65 bits per heavy atom. The molecule has 1 aromatic carbocycles. The molecule has 2 aliphatic rings. The first-order chi connectivity index (χ1) is 15.1. The van der Waals surface area contributed by atoms with Gasteiger partial charge in [-0.1, -0.05) is 31.0 Å². The number of morpholine rings is 1. The summed E-state index contributed by atoms with van der Waals surface area (Å²) in [4.78, 5) is 30.5. The summed E-state index contributed by atoms with van der Waals surface area (Å²) in [5.41, 5.74) is 2.50. The maximum Gasteiger partial charge on any atom is 0.249 e. The van der Waals surface area contributed by atoms with E-state index in [-0.39, 0.29) is 25.0 Å². The number of carbonyl (C=O) groups excluding carboxylic acids is 2. The van der Waals surface area contributed by atoms with Crippen LogP contribution in [0.2, 0.25) is 0 Å². The van der Waals surface area contributed by atoms with Crippen LogP contribution in [0.1, 0.15) is 49.3 Å². The number of ether oxygens (including phenoxy) is 1. The van der Waals surface area contributed by atoms with Crippen molar-refractivity contribution in [2.45, 2.75) is 50.8 Å². The number of aromatic nitrogens is 1. The number of hydrogen-bond donors (Lipinski definition) is 2. The molecule has 4 rings (SSSR count). The van der Waals surface area contributed by atoms with Gasteiger partial charge in [-0.15, -0.1) is 0 Å². The van der Waals surface area contributed by atoms with E-state index in [9.17, 15) is 14.7 Å². The van der Waals surface area contributed by atoms with Crippen LogP contribution in [-0.2, 0) is 20.9 Å². The van der Waals surface area contributed by atoms with Crippen LogP contribution in [0.25, 0.3) is 0 Å². The molecule has 0 bridgehead atoms. The Balaban J connectivity index is 1.42. The van der Waals surface area contributed by atoms with Gasteiger partial charge >= 0.3 is 0 Å². The zero-order valence-corrected chi connectivity index (χ0v) is 17.6. The number of aliphatic hydroxyl groups is 1. The molecule has 2 N–H and O–H groups in total. The molecule has 1 aromatic heterocycles. The van der Waals surface area contributed by atoms with Crippen LogP contribution < -0.4 is 5.32 Å². The molecule has 2 atom stereocenters. The number of hydrogen-bond acceptors (Lipinski definition) is 5. The second kappa shape index (κ2) is 10.0. The first kappa shape index (κ1) is 21.5. The minimum absolute atomic E-state index is 0.0404. The molecule has 2 aromatic rings. The molecule has 2 fully saturated rings. The Kier molecular flexibility index (Phi) is 6.94. The lowest BCUT2D eigenvalue weighted by molar-refractivity contribution is -0.162. The lowest BCUT2D eigenvalue weighted by atomic mass is 9.98. The van der Waals surface area contributed by atoms with Gasteiger partial charge in [-0.2, -0.15) is 0 Å². The fourth-order valence-electron chi connectivity index (χ4n) is 4.55. The predicted molar refractivity (Wildman–Crippen MR) is 116 cm³/mol. The van der Waals surface area contributed by atoms with Gasteiger partial charge in [-0.25, -0.2) is 0 Å². The molecule has 1 aliphatic carbocycles. The first-order valence-electron chi connectivity index (χ1n) is 10.9. The number of carbonyl (C=O) groups is 2. The Labute approximate surface area is 182 Å². The molecule has 2 amide bonds. The normalized spacial score (nSPS) is 22.0. The van der Waals surface area contributed by atoms with Gasteiger partial charge in [0.15, 0.2) is 0 Å². The Morgan fingerprint density at radius 1 is 1.19 bits per heavy atom. The number of nitrogens with one attached hydrogen (secondary N) is 1. The van der Waals surface area contributed by atoms with Crippen LogP contribution in [0.4, 0.5) is 5.69 Å². The van der Waals surface area contributed by atoms with Crippen molar-refractivity contribution in [3.8, 4) is 0 Å². The van der Waals surface area contributed by atoms with Crippen LogP contribution in [0.5, 0.6) is 0 Å². The molecule has 1 saturated heterocycles. The van der Waals surface area contributed by atoms with Gasteiger partial charge < -0.3 is 20.1 Å². The van der Waals surface area contributed by atoms with E-state index < -0.39 is 12.1 Å². The number of amides is 2. The highest BCUT2D eigenvalue weighted by atomic mass is 16.5.